The van der Waals surface area contributed by atoms with E-state index in [4.69, 9.17) is 11.6 Å². The van der Waals surface area contributed by atoms with Gasteiger partial charge in [0, 0.05) is 5.02 Å². The lowest BCUT2D eigenvalue weighted by Gasteiger charge is -2.13. The van der Waals surface area contributed by atoms with Crippen molar-refractivity contribution in [2.45, 2.75) is 6.92 Å². The van der Waals surface area contributed by atoms with Crippen LogP contribution in [0, 0.1) is 5.92 Å². The standard InChI is InChI=1S/C12H8ClNO4/c1-6(15)9-10(16)12(18)14(11(9)17)8-4-2-7(13)3-5-8/h2-5,9H,1H3/t9-/m0/s1. The summed E-state index contributed by atoms with van der Waals surface area (Å²) in [5.74, 6) is -4.91. The van der Waals surface area contributed by atoms with E-state index in [0.717, 1.165) is 6.92 Å². The van der Waals surface area contributed by atoms with Gasteiger partial charge in [0.2, 0.25) is 5.78 Å². The number of benzene rings is 1. The predicted molar refractivity (Wildman–Crippen MR) is 63.1 cm³/mol. The molecule has 18 heavy (non-hydrogen) atoms. The molecule has 2 amide bonds. The summed E-state index contributed by atoms with van der Waals surface area (Å²) in [5.41, 5.74) is 0.228. The lowest BCUT2D eigenvalue weighted by molar-refractivity contribution is -0.139. The number of amides is 2. The molecule has 1 aliphatic rings. The molecule has 1 aromatic rings. The molecule has 0 N–H and O–H groups in total. The number of anilines is 1. The summed E-state index contributed by atoms with van der Waals surface area (Å²) in [6, 6.07) is 5.86. The van der Waals surface area contributed by atoms with Crippen molar-refractivity contribution < 1.29 is 19.2 Å². The van der Waals surface area contributed by atoms with E-state index >= 15 is 0 Å². The van der Waals surface area contributed by atoms with Gasteiger partial charge in [0.05, 0.1) is 5.69 Å². The smallest absolute Gasteiger partial charge is 0.299 e. The van der Waals surface area contributed by atoms with Gasteiger partial charge in [-0.15, -0.1) is 0 Å². The molecule has 5 nitrogen and oxygen atoms in total. The highest BCUT2D eigenvalue weighted by Crippen LogP contribution is 2.26. The van der Waals surface area contributed by atoms with Crippen LogP contribution >= 0.6 is 11.6 Å². The Kier molecular flexibility index (Phi) is 3.00. The van der Waals surface area contributed by atoms with E-state index in [0.29, 0.717) is 9.92 Å². The third-order valence-electron chi connectivity index (χ3n) is 2.63. The van der Waals surface area contributed by atoms with Gasteiger partial charge in [-0.2, -0.15) is 0 Å². The fourth-order valence-electron chi connectivity index (χ4n) is 1.77. The Balaban J connectivity index is 2.43. The molecule has 2 rings (SSSR count). The molecule has 1 aliphatic heterocycles. The van der Waals surface area contributed by atoms with Gasteiger partial charge in [0.25, 0.3) is 5.91 Å². The second kappa shape index (κ2) is 4.34. The number of carbonyl (C=O) groups is 4. The molecular weight excluding hydrogens is 258 g/mol. The van der Waals surface area contributed by atoms with Gasteiger partial charge in [0.1, 0.15) is 5.78 Å². The SMILES string of the molecule is CC(=O)[C@H]1C(=O)C(=O)N(c2ccc(Cl)cc2)C1=O. The van der Waals surface area contributed by atoms with Crippen LogP contribution in [0.4, 0.5) is 5.69 Å². The number of hydrogen-bond donors (Lipinski definition) is 0. The van der Waals surface area contributed by atoms with E-state index in [1.54, 1.807) is 0 Å². The van der Waals surface area contributed by atoms with E-state index in [-0.39, 0.29) is 5.69 Å². The maximum Gasteiger partial charge on any atom is 0.302 e. The molecule has 1 atom stereocenters. The first-order valence-corrected chi connectivity index (χ1v) is 5.49. The molecule has 1 saturated heterocycles. The molecule has 6 heteroatoms. The third-order valence-corrected chi connectivity index (χ3v) is 2.89. The van der Waals surface area contributed by atoms with Crippen LogP contribution in [0.5, 0.6) is 0 Å². The third kappa shape index (κ3) is 1.82. The largest absolute Gasteiger partial charge is 0.302 e. The van der Waals surface area contributed by atoms with Crippen molar-refractivity contribution in [3.63, 3.8) is 0 Å². The minimum absolute atomic E-state index is 0.228. The molecule has 1 aromatic carbocycles. The van der Waals surface area contributed by atoms with Crippen LogP contribution in [0.15, 0.2) is 24.3 Å². The molecular formula is C12H8ClNO4. The van der Waals surface area contributed by atoms with Gasteiger partial charge < -0.3 is 0 Å². The maximum atomic E-state index is 11.9. The van der Waals surface area contributed by atoms with Crippen LogP contribution in [0.25, 0.3) is 0 Å². The number of imide groups is 1. The summed E-state index contributed by atoms with van der Waals surface area (Å²) in [6.07, 6.45) is 0. The summed E-state index contributed by atoms with van der Waals surface area (Å²) >= 11 is 5.69. The number of nitrogens with zero attached hydrogens (tertiary/aromatic N) is 1. The van der Waals surface area contributed by atoms with Gasteiger partial charge in [-0.3, -0.25) is 19.2 Å². The monoisotopic (exact) mass is 265 g/mol. The maximum absolute atomic E-state index is 11.9. The van der Waals surface area contributed by atoms with Crippen LogP contribution in [-0.4, -0.2) is 23.4 Å². The van der Waals surface area contributed by atoms with Crippen LogP contribution in [0.1, 0.15) is 6.92 Å². The Morgan fingerprint density at radius 1 is 1.17 bits per heavy atom. The van der Waals surface area contributed by atoms with Gasteiger partial charge in [-0.25, -0.2) is 4.90 Å². The molecule has 1 fully saturated rings. The summed E-state index contributed by atoms with van der Waals surface area (Å²) in [5, 5.41) is 0.437. The number of hydrogen-bond acceptors (Lipinski definition) is 4. The van der Waals surface area contributed by atoms with E-state index in [2.05, 4.69) is 0 Å². The van der Waals surface area contributed by atoms with Crippen molar-refractivity contribution in [2.24, 2.45) is 5.92 Å². The molecule has 0 aromatic heterocycles. The second-order valence-electron chi connectivity index (χ2n) is 3.86. The molecule has 92 valence electrons. The quantitative estimate of drug-likeness (QED) is 0.454. The van der Waals surface area contributed by atoms with E-state index in [1.165, 1.54) is 24.3 Å². The summed E-state index contributed by atoms with van der Waals surface area (Å²) in [4.78, 5) is 47.0. The lowest BCUT2D eigenvalue weighted by atomic mass is 10.0. The molecule has 0 spiro atoms. The average Bonchev–Trinajstić information content (AvgIpc) is 2.52. The van der Waals surface area contributed by atoms with Crippen LogP contribution in [0.2, 0.25) is 5.02 Å². The van der Waals surface area contributed by atoms with Gasteiger partial charge in [-0.05, 0) is 31.2 Å². The molecule has 0 saturated carbocycles. The van der Waals surface area contributed by atoms with Crippen molar-refractivity contribution in [3.05, 3.63) is 29.3 Å². The summed E-state index contributed by atoms with van der Waals surface area (Å²) < 4.78 is 0. The number of ketones is 2. The Morgan fingerprint density at radius 2 is 1.72 bits per heavy atom. The summed E-state index contributed by atoms with van der Waals surface area (Å²) in [7, 11) is 0. The number of rotatable bonds is 2. The number of Topliss-reactive ketones (excluding diaryl/α,β-unsaturated/α-hetero) is 2. The van der Waals surface area contributed by atoms with Gasteiger partial charge >= 0.3 is 5.91 Å². The Bertz CT molecular complexity index is 564. The van der Waals surface area contributed by atoms with Crippen molar-refractivity contribution >= 4 is 40.7 Å². The Hall–Kier alpha value is -2.01. The van der Waals surface area contributed by atoms with Crippen LogP contribution in [-0.2, 0) is 19.2 Å². The average molecular weight is 266 g/mol. The molecule has 0 aliphatic carbocycles. The Morgan fingerprint density at radius 3 is 2.17 bits per heavy atom. The normalized spacial score (nSPS) is 19.6. The van der Waals surface area contributed by atoms with E-state index in [9.17, 15) is 19.2 Å². The fourth-order valence-corrected chi connectivity index (χ4v) is 1.89. The van der Waals surface area contributed by atoms with Gasteiger partial charge in [-0.1, -0.05) is 11.6 Å². The van der Waals surface area contributed by atoms with Gasteiger partial charge in [0.15, 0.2) is 5.92 Å². The van der Waals surface area contributed by atoms with Crippen molar-refractivity contribution in [1.29, 1.82) is 0 Å². The molecule has 1 heterocycles. The molecule has 0 unspecified atom stereocenters. The Labute approximate surface area is 107 Å². The molecule has 0 bridgehead atoms. The zero-order valence-electron chi connectivity index (χ0n) is 9.34. The van der Waals surface area contributed by atoms with Crippen molar-refractivity contribution in [1.82, 2.24) is 0 Å². The topological polar surface area (TPSA) is 71.5 Å². The first-order chi connectivity index (χ1) is 8.43. The van der Waals surface area contributed by atoms with Crippen molar-refractivity contribution in [2.75, 3.05) is 4.90 Å². The fraction of sp³-hybridized carbons (Fsp3) is 0.167. The van der Waals surface area contributed by atoms with Crippen LogP contribution in [0.3, 0.4) is 0 Å². The summed E-state index contributed by atoms with van der Waals surface area (Å²) in [6.45, 7) is 1.11. The first-order valence-electron chi connectivity index (χ1n) is 5.11. The van der Waals surface area contributed by atoms with Crippen LogP contribution < -0.4 is 4.90 Å². The minimum Gasteiger partial charge on any atom is -0.299 e. The lowest BCUT2D eigenvalue weighted by Crippen LogP contribution is -2.31. The van der Waals surface area contributed by atoms with E-state index in [1.807, 2.05) is 0 Å². The number of halogens is 1. The highest BCUT2D eigenvalue weighted by molar-refractivity contribution is 6.59. The number of carbonyl (C=O) groups excluding carboxylic acids is 4. The zero-order valence-corrected chi connectivity index (χ0v) is 10.1. The molecule has 0 radical (unpaired) electrons. The predicted octanol–water partition coefficient (Wildman–Crippen LogP) is 0.988. The highest BCUT2D eigenvalue weighted by Gasteiger charge is 2.49. The van der Waals surface area contributed by atoms with Crippen molar-refractivity contribution in [3.8, 4) is 0 Å². The second-order valence-corrected chi connectivity index (χ2v) is 4.30. The van der Waals surface area contributed by atoms with E-state index < -0.39 is 29.3 Å². The zero-order chi connectivity index (χ0) is 13.4. The minimum atomic E-state index is -1.51. The first kappa shape index (κ1) is 12.4. The highest BCUT2D eigenvalue weighted by atomic mass is 35.5.